The highest BCUT2D eigenvalue weighted by molar-refractivity contribution is 4.57. The summed E-state index contributed by atoms with van der Waals surface area (Å²) in [7, 11) is 1.20. The third-order valence-corrected chi connectivity index (χ3v) is 1.33. The highest BCUT2D eigenvalue weighted by atomic mass is 16.7. The standard InChI is InChI=1S/C6H13NO5/c1-3-12-4-5(7(9)10)6(8)11-2/h5-6,8H,3-4H2,1-2H3/t5-,6+/m1/s1. The molecule has 0 aliphatic heterocycles. The van der Waals surface area contributed by atoms with Gasteiger partial charge in [-0.15, -0.1) is 0 Å². The van der Waals surface area contributed by atoms with Crippen LogP contribution in [0.3, 0.4) is 0 Å². The number of methoxy groups -OCH3 is 1. The fourth-order valence-corrected chi connectivity index (χ4v) is 0.643. The number of rotatable bonds is 6. The summed E-state index contributed by atoms with van der Waals surface area (Å²) in [6.07, 6.45) is -1.41. The number of ether oxygens (including phenoxy) is 2. The van der Waals surface area contributed by atoms with E-state index in [0.29, 0.717) is 6.61 Å². The molecule has 0 amide bonds. The Kier molecular flexibility index (Phi) is 5.52. The number of aliphatic hydroxyl groups is 1. The highest BCUT2D eigenvalue weighted by Gasteiger charge is 2.29. The predicted octanol–water partition coefficient (Wildman–Crippen LogP) is -0.367. The van der Waals surface area contributed by atoms with Gasteiger partial charge in [0, 0.05) is 18.6 Å². The SMILES string of the molecule is CCOC[C@H]([C@@H](O)OC)[N+](=O)[O-]. The summed E-state index contributed by atoms with van der Waals surface area (Å²) in [5.41, 5.74) is 0. The van der Waals surface area contributed by atoms with Crippen molar-refractivity contribution in [1.29, 1.82) is 0 Å². The molecule has 0 bridgehead atoms. The van der Waals surface area contributed by atoms with Gasteiger partial charge in [-0.3, -0.25) is 10.1 Å². The van der Waals surface area contributed by atoms with Crippen molar-refractivity contribution < 1.29 is 19.5 Å². The van der Waals surface area contributed by atoms with Crippen LogP contribution in [0, 0.1) is 10.1 Å². The summed E-state index contributed by atoms with van der Waals surface area (Å²) in [5, 5.41) is 19.3. The molecule has 0 aliphatic rings. The first-order chi connectivity index (χ1) is 5.63. The molecule has 6 nitrogen and oxygen atoms in total. The normalized spacial score (nSPS) is 15.6. The molecule has 0 radical (unpaired) electrons. The minimum Gasteiger partial charge on any atom is -0.374 e. The topological polar surface area (TPSA) is 81.8 Å². The second kappa shape index (κ2) is 5.87. The largest absolute Gasteiger partial charge is 0.374 e. The monoisotopic (exact) mass is 179 g/mol. The van der Waals surface area contributed by atoms with Crippen LogP contribution in [0.5, 0.6) is 0 Å². The van der Waals surface area contributed by atoms with Gasteiger partial charge in [0.2, 0.25) is 6.29 Å². The molecule has 0 unspecified atom stereocenters. The van der Waals surface area contributed by atoms with Crippen molar-refractivity contribution in [1.82, 2.24) is 0 Å². The first-order valence-electron chi connectivity index (χ1n) is 3.55. The predicted molar refractivity (Wildman–Crippen MR) is 40.3 cm³/mol. The smallest absolute Gasteiger partial charge is 0.285 e. The van der Waals surface area contributed by atoms with Crippen molar-refractivity contribution in [2.75, 3.05) is 20.3 Å². The lowest BCUT2D eigenvalue weighted by atomic mass is 10.3. The average molecular weight is 179 g/mol. The van der Waals surface area contributed by atoms with Crippen LogP contribution < -0.4 is 0 Å². The van der Waals surface area contributed by atoms with Gasteiger partial charge in [0.15, 0.2) is 0 Å². The van der Waals surface area contributed by atoms with Crippen molar-refractivity contribution in [3.05, 3.63) is 10.1 Å². The van der Waals surface area contributed by atoms with Crippen LogP contribution in [0.2, 0.25) is 0 Å². The van der Waals surface area contributed by atoms with Gasteiger partial charge in [-0.05, 0) is 6.92 Å². The van der Waals surface area contributed by atoms with Crippen molar-refractivity contribution in [3.8, 4) is 0 Å². The molecule has 0 saturated heterocycles. The molecule has 0 fully saturated rings. The first-order valence-corrected chi connectivity index (χ1v) is 3.55. The van der Waals surface area contributed by atoms with E-state index in [0.717, 1.165) is 0 Å². The van der Waals surface area contributed by atoms with Gasteiger partial charge in [-0.25, -0.2) is 0 Å². The Morgan fingerprint density at radius 3 is 2.58 bits per heavy atom. The summed E-state index contributed by atoms with van der Waals surface area (Å²) < 4.78 is 9.20. The average Bonchev–Trinajstić information content (AvgIpc) is 2.04. The number of nitro groups is 1. The van der Waals surface area contributed by atoms with E-state index in [4.69, 9.17) is 9.84 Å². The Bertz CT molecular complexity index is 140. The summed E-state index contributed by atoms with van der Waals surface area (Å²) in [6.45, 7) is 1.95. The molecule has 2 atom stereocenters. The Balaban J connectivity index is 3.94. The molecule has 0 aromatic rings. The Hall–Kier alpha value is -0.720. The quantitative estimate of drug-likeness (QED) is 0.342. The van der Waals surface area contributed by atoms with E-state index in [2.05, 4.69) is 4.74 Å². The fraction of sp³-hybridized carbons (Fsp3) is 1.00. The van der Waals surface area contributed by atoms with E-state index in [1.54, 1.807) is 6.92 Å². The van der Waals surface area contributed by atoms with Gasteiger partial charge in [0.05, 0.1) is 0 Å². The maximum Gasteiger partial charge on any atom is 0.285 e. The Morgan fingerprint density at radius 2 is 2.25 bits per heavy atom. The van der Waals surface area contributed by atoms with E-state index >= 15 is 0 Å². The molecule has 1 N–H and O–H groups in total. The minimum atomic E-state index is -1.41. The third-order valence-electron chi connectivity index (χ3n) is 1.33. The van der Waals surface area contributed by atoms with Gasteiger partial charge in [0.1, 0.15) is 6.61 Å². The Morgan fingerprint density at radius 1 is 1.67 bits per heavy atom. The molecule has 0 saturated carbocycles. The third kappa shape index (κ3) is 3.61. The lowest BCUT2D eigenvalue weighted by molar-refractivity contribution is -0.550. The van der Waals surface area contributed by atoms with Crippen LogP contribution in [-0.2, 0) is 9.47 Å². The zero-order chi connectivity index (χ0) is 9.56. The summed E-state index contributed by atoms with van der Waals surface area (Å²) in [5.74, 6) is 0. The first kappa shape index (κ1) is 11.3. The molecule has 12 heavy (non-hydrogen) atoms. The molecule has 0 heterocycles. The second-order valence-electron chi connectivity index (χ2n) is 2.14. The van der Waals surface area contributed by atoms with E-state index in [1.165, 1.54) is 7.11 Å². The number of nitrogens with zero attached hydrogens (tertiary/aromatic N) is 1. The lowest BCUT2D eigenvalue weighted by Crippen LogP contribution is -2.38. The maximum atomic E-state index is 10.3. The fourth-order valence-electron chi connectivity index (χ4n) is 0.643. The van der Waals surface area contributed by atoms with Crippen molar-refractivity contribution in [2.24, 2.45) is 0 Å². The van der Waals surface area contributed by atoms with E-state index < -0.39 is 17.3 Å². The van der Waals surface area contributed by atoms with Crippen LogP contribution >= 0.6 is 0 Å². The van der Waals surface area contributed by atoms with Gasteiger partial charge in [-0.1, -0.05) is 0 Å². The van der Waals surface area contributed by atoms with Crippen molar-refractivity contribution >= 4 is 0 Å². The van der Waals surface area contributed by atoms with Gasteiger partial charge in [0.25, 0.3) is 6.04 Å². The summed E-state index contributed by atoms with van der Waals surface area (Å²) in [4.78, 5) is 9.67. The van der Waals surface area contributed by atoms with Gasteiger partial charge in [-0.2, -0.15) is 0 Å². The van der Waals surface area contributed by atoms with E-state index in [1.807, 2.05) is 0 Å². The van der Waals surface area contributed by atoms with Crippen LogP contribution in [0.1, 0.15) is 6.92 Å². The van der Waals surface area contributed by atoms with Crippen LogP contribution in [0.25, 0.3) is 0 Å². The Labute approximate surface area is 70.2 Å². The van der Waals surface area contributed by atoms with Crippen LogP contribution in [-0.4, -0.2) is 42.7 Å². The van der Waals surface area contributed by atoms with Gasteiger partial charge < -0.3 is 14.6 Å². The highest BCUT2D eigenvalue weighted by Crippen LogP contribution is 1.99. The van der Waals surface area contributed by atoms with E-state index in [9.17, 15) is 10.1 Å². The molecular formula is C6H13NO5. The zero-order valence-corrected chi connectivity index (χ0v) is 7.10. The molecule has 6 heteroatoms. The molecule has 0 spiro atoms. The summed E-state index contributed by atoms with van der Waals surface area (Å²) >= 11 is 0. The molecule has 0 aliphatic carbocycles. The van der Waals surface area contributed by atoms with Crippen LogP contribution in [0.15, 0.2) is 0 Å². The number of aliphatic hydroxyl groups excluding tert-OH is 1. The molecule has 0 aromatic heterocycles. The molecule has 0 aromatic carbocycles. The number of hydrogen-bond donors (Lipinski definition) is 1. The van der Waals surface area contributed by atoms with E-state index in [-0.39, 0.29) is 6.61 Å². The molecule has 72 valence electrons. The van der Waals surface area contributed by atoms with Gasteiger partial charge >= 0.3 is 0 Å². The molecular weight excluding hydrogens is 166 g/mol. The minimum absolute atomic E-state index is 0.140. The van der Waals surface area contributed by atoms with Crippen molar-refractivity contribution in [3.63, 3.8) is 0 Å². The van der Waals surface area contributed by atoms with Crippen LogP contribution in [0.4, 0.5) is 0 Å². The lowest BCUT2D eigenvalue weighted by Gasteiger charge is -2.13. The maximum absolute atomic E-state index is 10.3. The molecule has 0 rings (SSSR count). The second-order valence-corrected chi connectivity index (χ2v) is 2.14. The van der Waals surface area contributed by atoms with Crippen molar-refractivity contribution in [2.45, 2.75) is 19.3 Å². The zero-order valence-electron chi connectivity index (χ0n) is 7.10. The number of hydrogen-bond acceptors (Lipinski definition) is 5. The summed E-state index contributed by atoms with van der Waals surface area (Å²) in [6, 6.07) is -1.21.